The van der Waals surface area contributed by atoms with E-state index < -0.39 is 0 Å². The topological polar surface area (TPSA) is 32.3 Å². The second kappa shape index (κ2) is 5.17. The first-order chi connectivity index (χ1) is 7.66. The molecule has 0 aromatic heterocycles. The van der Waals surface area contributed by atoms with Gasteiger partial charge in [0.15, 0.2) is 0 Å². The van der Waals surface area contributed by atoms with E-state index in [1.165, 1.54) is 25.7 Å². The van der Waals surface area contributed by atoms with Gasteiger partial charge in [-0.2, -0.15) is 0 Å². The standard InChI is InChI=1S/C13H24N2O/c1-10(2)8-13(16)15(12-5-6-12)9-11-4-3-7-14-11/h10-12,14H,3-9H2,1-2H3. The van der Waals surface area contributed by atoms with Crippen LogP contribution in [-0.4, -0.2) is 36.0 Å². The van der Waals surface area contributed by atoms with E-state index in [-0.39, 0.29) is 0 Å². The average Bonchev–Trinajstić information content (AvgIpc) is 2.91. The number of amides is 1. The molecule has 1 atom stereocenters. The van der Waals surface area contributed by atoms with Gasteiger partial charge in [-0.1, -0.05) is 13.8 Å². The fourth-order valence-corrected chi connectivity index (χ4v) is 2.46. The summed E-state index contributed by atoms with van der Waals surface area (Å²) in [5, 5.41) is 3.48. The van der Waals surface area contributed by atoms with Gasteiger partial charge in [0.2, 0.25) is 5.91 Å². The normalized spacial score (nSPS) is 25.1. The van der Waals surface area contributed by atoms with E-state index in [1.807, 2.05) is 0 Å². The Morgan fingerprint density at radius 1 is 1.38 bits per heavy atom. The minimum Gasteiger partial charge on any atom is -0.338 e. The van der Waals surface area contributed by atoms with Crippen molar-refractivity contribution in [2.75, 3.05) is 13.1 Å². The molecule has 1 saturated heterocycles. The zero-order valence-electron chi connectivity index (χ0n) is 10.5. The molecule has 0 bridgehead atoms. The van der Waals surface area contributed by atoms with Crippen molar-refractivity contribution in [3.8, 4) is 0 Å². The molecule has 1 aliphatic heterocycles. The summed E-state index contributed by atoms with van der Waals surface area (Å²) in [5.41, 5.74) is 0. The van der Waals surface area contributed by atoms with Crippen molar-refractivity contribution >= 4 is 5.91 Å². The molecule has 2 rings (SSSR count). The Bertz CT molecular complexity index is 242. The van der Waals surface area contributed by atoms with E-state index in [0.717, 1.165) is 13.1 Å². The highest BCUT2D eigenvalue weighted by Gasteiger charge is 2.34. The number of rotatable bonds is 5. The lowest BCUT2D eigenvalue weighted by Gasteiger charge is -2.26. The highest BCUT2D eigenvalue weighted by atomic mass is 16.2. The lowest BCUT2D eigenvalue weighted by atomic mass is 10.1. The van der Waals surface area contributed by atoms with Gasteiger partial charge in [-0.25, -0.2) is 0 Å². The molecule has 92 valence electrons. The quantitative estimate of drug-likeness (QED) is 0.772. The number of hydrogen-bond donors (Lipinski definition) is 1. The first-order valence-electron chi connectivity index (χ1n) is 6.69. The van der Waals surface area contributed by atoms with Crippen LogP contribution in [0.5, 0.6) is 0 Å². The van der Waals surface area contributed by atoms with Crippen LogP contribution in [-0.2, 0) is 4.79 Å². The highest BCUT2D eigenvalue weighted by molar-refractivity contribution is 5.77. The lowest BCUT2D eigenvalue weighted by Crippen LogP contribution is -2.42. The summed E-state index contributed by atoms with van der Waals surface area (Å²) in [6.45, 7) is 6.31. The first-order valence-corrected chi connectivity index (χ1v) is 6.69. The molecule has 16 heavy (non-hydrogen) atoms. The van der Waals surface area contributed by atoms with E-state index >= 15 is 0 Å². The smallest absolute Gasteiger partial charge is 0.223 e. The first kappa shape index (κ1) is 11.9. The monoisotopic (exact) mass is 224 g/mol. The molecular weight excluding hydrogens is 200 g/mol. The molecule has 1 aliphatic carbocycles. The van der Waals surface area contributed by atoms with E-state index in [4.69, 9.17) is 0 Å². The molecule has 1 amide bonds. The Hall–Kier alpha value is -0.570. The zero-order valence-corrected chi connectivity index (χ0v) is 10.5. The number of hydrogen-bond acceptors (Lipinski definition) is 2. The van der Waals surface area contributed by atoms with Crippen LogP contribution >= 0.6 is 0 Å². The maximum Gasteiger partial charge on any atom is 0.223 e. The molecule has 0 radical (unpaired) electrons. The fourth-order valence-electron chi connectivity index (χ4n) is 2.46. The fraction of sp³-hybridized carbons (Fsp3) is 0.923. The van der Waals surface area contributed by atoms with Crippen LogP contribution in [0.3, 0.4) is 0 Å². The Kier molecular flexibility index (Phi) is 3.85. The maximum atomic E-state index is 12.1. The van der Waals surface area contributed by atoms with Crippen molar-refractivity contribution in [1.82, 2.24) is 10.2 Å². The molecule has 2 fully saturated rings. The van der Waals surface area contributed by atoms with Crippen molar-refractivity contribution in [2.45, 2.75) is 58.0 Å². The molecule has 1 saturated carbocycles. The summed E-state index contributed by atoms with van der Waals surface area (Å²) in [4.78, 5) is 14.3. The third-order valence-electron chi connectivity index (χ3n) is 3.47. The van der Waals surface area contributed by atoms with Crippen LogP contribution in [0.1, 0.15) is 46.0 Å². The molecule has 3 heteroatoms. The van der Waals surface area contributed by atoms with Gasteiger partial charge in [0.05, 0.1) is 0 Å². The van der Waals surface area contributed by atoms with Crippen LogP contribution in [0.15, 0.2) is 0 Å². The van der Waals surface area contributed by atoms with Gasteiger partial charge >= 0.3 is 0 Å². The van der Waals surface area contributed by atoms with Crippen molar-refractivity contribution in [1.29, 1.82) is 0 Å². The molecule has 1 N–H and O–H groups in total. The number of nitrogens with zero attached hydrogens (tertiary/aromatic N) is 1. The Morgan fingerprint density at radius 3 is 2.62 bits per heavy atom. The lowest BCUT2D eigenvalue weighted by molar-refractivity contribution is -0.132. The Balaban J connectivity index is 1.86. The minimum atomic E-state index is 0.367. The molecule has 3 nitrogen and oxygen atoms in total. The molecule has 0 aromatic rings. The molecule has 0 aromatic carbocycles. The van der Waals surface area contributed by atoms with Crippen LogP contribution in [0.25, 0.3) is 0 Å². The molecule has 1 unspecified atom stereocenters. The summed E-state index contributed by atoms with van der Waals surface area (Å²) >= 11 is 0. The number of carbonyl (C=O) groups is 1. The van der Waals surface area contributed by atoms with Crippen LogP contribution in [0.2, 0.25) is 0 Å². The van der Waals surface area contributed by atoms with Gasteiger partial charge in [0.25, 0.3) is 0 Å². The van der Waals surface area contributed by atoms with Crippen LogP contribution < -0.4 is 5.32 Å². The number of carbonyl (C=O) groups excluding carboxylic acids is 1. The minimum absolute atomic E-state index is 0.367. The maximum absolute atomic E-state index is 12.1. The molecular formula is C13H24N2O. The van der Waals surface area contributed by atoms with Crippen molar-refractivity contribution < 1.29 is 4.79 Å². The number of nitrogens with one attached hydrogen (secondary N) is 1. The van der Waals surface area contributed by atoms with E-state index in [1.54, 1.807) is 0 Å². The third kappa shape index (κ3) is 3.21. The van der Waals surface area contributed by atoms with Gasteiger partial charge in [-0.05, 0) is 38.1 Å². The molecule has 2 aliphatic rings. The SMILES string of the molecule is CC(C)CC(=O)N(CC1CCCN1)C1CC1. The summed E-state index contributed by atoms with van der Waals surface area (Å²) < 4.78 is 0. The second-order valence-electron chi connectivity index (χ2n) is 5.67. The zero-order chi connectivity index (χ0) is 11.5. The predicted molar refractivity (Wildman–Crippen MR) is 65.2 cm³/mol. The largest absolute Gasteiger partial charge is 0.338 e. The Labute approximate surface area is 98.6 Å². The van der Waals surface area contributed by atoms with Crippen LogP contribution in [0, 0.1) is 5.92 Å². The van der Waals surface area contributed by atoms with E-state index in [9.17, 15) is 4.79 Å². The van der Waals surface area contributed by atoms with Gasteiger partial charge in [0.1, 0.15) is 0 Å². The average molecular weight is 224 g/mol. The predicted octanol–water partition coefficient (Wildman–Crippen LogP) is 1.78. The van der Waals surface area contributed by atoms with Crippen molar-refractivity contribution in [2.24, 2.45) is 5.92 Å². The molecule has 0 spiro atoms. The van der Waals surface area contributed by atoms with E-state index in [0.29, 0.717) is 30.3 Å². The van der Waals surface area contributed by atoms with Crippen molar-refractivity contribution in [3.05, 3.63) is 0 Å². The highest BCUT2D eigenvalue weighted by Crippen LogP contribution is 2.28. The summed E-state index contributed by atoms with van der Waals surface area (Å²) in [6.07, 6.45) is 5.65. The van der Waals surface area contributed by atoms with Gasteiger partial charge in [-0.3, -0.25) is 4.79 Å². The van der Waals surface area contributed by atoms with Crippen molar-refractivity contribution in [3.63, 3.8) is 0 Å². The summed E-state index contributed by atoms with van der Waals surface area (Å²) in [5.74, 6) is 0.844. The third-order valence-corrected chi connectivity index (χ3v) is 3.47. The molecule has 1 heterocycles. The summed E-state index contributed by atoms with van der Waals surface area (Å²) in [7, 11) is 0. The van der Waals surface area contributed by atoms with Gasteiger partial charge in [0, 0.05) is 25.0 Å². The summed E-state index contributed by atoms with van der Waals surface area (Å²) in [6, 6.07) is 1.12. The van der Waals surface area contributed by atoms with Crippen LogP contribution in [0.4, 0.5) is 0 Å². The second-order valence-corrected chi connectivity index (χ2v) is 5.67. The van der Waals surface area contributed by atoms with Gasteiger partial charge < -0.3 is 10.2 Å². The van der Waals surface area contributed by atoms with E-state index in [2.05, 4.69) is 24.1 Å². The van der Waals surface area contributed by atoms with Gasteiger partial charge in [-0.15, -0.1) is 0 Å². The Morgan fingerprint density at radius 2 is 2.12 bits per heavy atom.